The van der Waals surface area contributed by atoms with Crippen molar-refractivity contribution in [2.24, 2.45) is 16.2 Å². The van der Waals surface area contributed by atoms with Crippen molar-refractivity contribution in [3.8, 4) is 0 Å². The molecule has 0 aliphatic heterocycles. The second-order valence-corrected chi connectivity index (χ2v) is 8.59. The number of benzene rings is 1. The summed E-state index contributed by atoms with van der Waals surface area (Å²) in [6, 6.07) is 9.12. The van der Waals surface area contributed by atoms with Gasteiger partial charge in [0.15, 0.2) is 5.79 Å². The zero-order valence-corrected chi connectivity index (χ0v) is 14.5. The lowest BCUT2D eigenvalue weighted by Crippen LogP contribution is -2.48. The van der Waals surface area contributed by atoms with Crippen molar-refractivity contribution in [1.29, 1.82) is 0 Å². The second-order valence-electron chi connectivity index (χ2n) is 6.19. The van der Waals surface area contributed by atoms with Crippen LogP contribution in [0, 0.1) is 11.8 Å². The molecule has 1 N–H and O–H groups in total. The molecule has 1 saturated carbocycles. The Kier molecular flexibility index (Phi) is 4.13. The number of fused-ring (bicyclic) bond motifs is 2. The molecule has 1 aromatic rings. The lowest BCUT2D eigenvalue weighted by atomic mass is 9.89. The standard InChI is InChI=1S/C17H23NO4S/c1-18-23(20,14-7-5-4-6-8-14)12-16(19)11-13-9-10-15(16)17(13,21-2)22-3/h4-10,13,15,19H,11-12H2,1-3H3/t13-,15-,16+,23+/m1/s1. The summed E-state index contributed by atoms with van der Waals surface area (Å²) < 4.78 is 28.7. The van der Waals surface area contributed by atoms with Gasteiger partial charge in [-0.3, -0.25) is 0 Å². The van der Waals surface area contributed by atoms with Crippen LogP contribution in [0.25, 0.3) is 0 Å². The Bertz CT molecular complexity index is 719. The van der Waals surface area contributed by atoms with Crippen LogP contribution in [-0.4, -0.2) is 47.7 Å². The van der Waals surface area contributed by atoms with E-state index in [-0.39, 0.29) is 17.6 Å². The van der Waals surface area contributed by atoms with E-state index in [2.05, 4.69) is 4.36 Å². The summed E-state index contributed by atoms with van der Waals surface area (Å²) in [7, 11) is 2.01. The van der Waals surface area contributed by atoms with Gasteiger partial charge in [0.1, 0.15) is 0 Å². The van der Waals surface area contributed by atoms with E-state index in [4.69, 9.17) is 9.47 Å². The van der Waals surface area contributed by atoms with E-state index >= 15 is 0 Å². The average molecular weight is 337 g/mol. The van der Waals surface area contributed by atoms with Crippen molar-refractivity contribution in [2.45, 2.75) is 22.7 Å². The quantitative estimate of drug-likeness (QED) is 0.660. The predicted molar refractivity (Wildman–Crippen MR) is 88.5 cm³/mol. The molecule has 126 valence electrons. The number of nitrogens with zero attached hydrogens (tertiary/aromatic N) is 1. The fraction of sp³-hybridized carbons (Fsp3) is 0.529. The zero-order valence-electron chi connectivity index (χ0n) is 13.6. The monoisotopic (exact) mass is 337 g/mol. The van der Waals surface area contributed by atoms with Crippen LogP contribution >= 0.6 is 0 Å². The number of methoxy groups -OCH3 is 2. The molecule has 3 rings (SSSR count). The van der Waals surface area contributed by atoms with Crippen LogP contribution in [0.3, 0.4) is 0 Å². The van der Waals surface area contributed by atoms with Crippen LogP contribution in [0.15, 0.2) is 51.7 Å². The summed E-state index contributed by atoms with van der Waals surface area (Å²) >= 11 is 0. The normalized spacial score (nSPS) is 33.6. The summed E-state index contributed by atoms with van der Waals surface area (Å²) in [6.45, 7) is 0. The van der Waals surface area contributed by atoms with E-state index in [0.717, 1.165) is 0 Å². The number of ether oxygens (including phenoxy) is 2. The Morgan fingerprint density at radius 1 is 1.26 bits per heavy atom. The molecule has 0 aromatic heterocycles. The topological polar surface area (TPSA) is 68.1 Å². The molecule has 1 aromatic carbocycles. The number of rotatable bonds is 5. The molecule has 0 amide bonds. The minimum absolute atomic E-state index is 0.0521. The molecule has 0 radical (unpaired) electrons. The van der Waals surface area contributed by atoms with Gasteiger partial charge in [-0.25, -0.2) is 8.57 Å². The van der Waals surface area contributed by atoms with Crippen LogP contribution in [0.2, 0.25) is 0 Å². The maximum atomic E-state index is 13.3. The van der Waals surface area contributed by atoms with Crippen LogP contribution in [-0.2, 0) is 19.2 Å². The zero-order chi connectivity index (χ0) is 16.7. The molecular weight excluding hydrogens is 314 g/mol. The first-order valence-corrected chi connectivity index (χ1v) is 9.31. The van der Waals surface area contributed by atoms with Gasteiger partial charge < -0.3 is 14.6 Å². The fourth-order valence-electron chi connectivity index (χ4n) is 4.03. The van der Waals surface area contributed by atoms with Crippen LogP contribution in [0.5, 0.6) is 0 Å². The van der Waals surface area contributed by atoms with E-state index in [0.29, 0.717) is 11.3 Å². The summed E-state index contributed by atoms with van der Waals surface area (Å²) in [4.78, 5) is 0.642. The van der Waals surface area contributed by atoms with Gasteiger partial charge in [-0.1, -0.05) is 30.4 Å². The Morgan fingerprint density at radius 2 is 1.91 bits per heavy atom. The second kappa shape index (κ2) is 5.70. The highest BCUT2D eigenvalue weighted by Gasteiger charge is 2.65. The summed E-state index contributed by atoms with van der Waals surface area (Å²) in [5, 5.41) is 11.3. The van der Waals surface area contributed by atoms with Gasteiger partial charge in [0, 0.05) is 32.1 Å². The largest absolute Gasteiger partial charge is 0.388 e. The third-order valence-electron chi connectivity index (χ3n) is 5.13. The molecule has 2 bridgehead atoms. The molecule has 0 spiro atoms. The lowest BCUT2D eigenvalue weighted by Gasteiger charge is -2.36. The third-order valence-corrected chi connectivity index (χ3v) is 7.62. The molecular formula is C17H23NO4S. The average Bonchev–Trinajstić information content (AvgIpc) is 3.04. The van der Waals surface area contributed by atoms with Crippen molar-refractivity contribution in [2.75, 3.05) is 27.0 Å². The Labute approximate surface area is 137 Å². The molecule has 0 heterocycles. The molecule has 1 fully saturated rings. The van der Waals surface area contributed by atoms with Gasteiger partial charge in [-0.15, -0.1) is 0 Å². The SMILES string of the molecule is CN=[S@](=O)(C[C@@]1(O)C[C@H]2C=C[C@H]1C2(OC)OC)c1ccccc1. The highest BCUT2D eigenvalue weighted by molar-refractivity contribution is 7.93. The van der Waals surface area contributed by atoms with Crippen molar-refractivity contribution in [3.05, 3.63) is 42.5 Å². The first-order chi connectivity index (χ1) is 10.9. The summed E-state index contributed by atoms with van der Waals surface area (Å²) in [5.74, 6) is -1.22. The lowest BCUT2D eigenvalue weighted by molar-refractivity contribution is -0.239. The molecule has 5 nitrogen and oxygen atoms in total. The van der Waals surface area contributed by atoms with Gasteiger partial charge in [0.25, 0.3) is 0 Å². The van der Waals surface area contributed by atoms with E-state index in [1.807, 2.05) is 30.4 Å². The number of hydrogen-bond donors (Lipinski definition) is 1. The molecule has 2 aliphatic rings. The first kappa shape index (κ1) is 16.6. The van der Waals surface area contributed by atoms with E-state index in [1.165, 1.54) is 0 Å². The van der Waals surface area contributed by atoms with Crippen LogP contribution < -0.4 is 0 Å². The Balaban J connectivity index is 1.97. The molecule has 23 heavy (non-hydrogen) atoms. The highest BCUT2D eigenvalue weighted by Crippen LogP contribution is 2.55. The number of aliphatic hydroxyl groups is 1. The molecule has 2 aliphatic carbocycles. The highest BCUT2D eigenvalue weighted by atomic mass is 32.2. The maximum Gasteiger partial charge on any atom is 0.182 e. The summed E-state index contributed by atoms with van der Waals surface area (Å²) in [5.41, 5.74) is -1.17. The van der Waals surface area contributed by atoms with Crippen molar-refractivity contribution in [3.63, 3.8) is 0 Å². The van der Waals surface area contributed by atoms with E-state index in [1.54, 1.807) is 33.4 Å². The fourth-order valence-corrected chi connectivity index (χ4v) is 6.09. The van der Waals surface area contributed by atoms with Gasteiger partial charge in [0.05, 0.1) is 27.0 Å². The van der Waals surface area contributed by atoms with Gasteiger partial charge in [-0.05, 0) is 18.6 Å². The molecule has 6 heteroatoms. The van der Waals surface area contributed by atoms with Gasteiger partial charge in [0.2, 0.25) is 0 Å². The Hall–Kier alpha value is -1.21. The number of hydrogen-bond acceptors (Lipinski definition) is 5. The summed E-state index contributed by atoms with van der Waals surface area (Å²) in [6.07, 6.45) is 4.39. The predicted octanol–water partition coefficient (Wildman–Crippen LogP) is 2.07. The van der Waals surface area contributed by atoms with Crippen LogP contribution in [0.4, 0.5) is 0 Å². The minimum atomic E-state index is -2.71. The third kappa shape index (κ3) is 2.36. The van der Waals surface area contributed by atoms with Crippen molar-refractivity contribution in [1.82, 2.24) is 0 Å². The smallest absolute Gasteiger partial charge is 0.182 e. The molecule has 0 saturated heterocycles. The van der Waals surface area contributed by atoms with E-state index in [9.17, 15) is 9.32 Å². The molecule has 0 unspecified atom stereocenters. The van der Waals surface area contributed by atoms with E-state index < -0.39 is 21.1 Å². The van der Waals surface area contributed by atoms with Crippen molar-refractivity contribution >= 4 is 9.73 Å². The maximum absolute atomic E-state index is 13.3. The van der Waals surface area contributed by atoms with Crippen molar-refractivity contribution < 1.29 is 18.8 Å². The van der Waals surface area contributed by atoms with Gasteiger partial charge in [-0.2, -0.15) is 0 Å². The molecule has 4 atom stereocenters. The van der Waals surface area contributed by atoms with Crippen LogP contribution in [0.1, 0.15) is 6.42 Å². The minimum Gasteiger partial charge on any atom is -0.388 e. The first-order valence-electron chi connectivity index (χ1n) is 7.63. The van der Waals surface area contributed by atoms with Gasteiger partial charge >= 0.3 is 0 Å². The Morgan fingerprint density at radius 3 is 2.43 bits per heavy atom.